The molecule has 2 heterocycles. The Balaban J connectivity index is 1.77. The van der Waals surface area contributed by atoms with E-state index in [2.05, 4.69) is 16.2 Å². The smallest absolute Gasteiger partial charge is 0.240 e. The monoisotopic (exact) mass is 397 g/mol. The zero-order valence-corrected chi connectivity index (χ0v) is 16.8. The van der Waals surface area contributed by atoms with Crippen molar-refractivity contribution in [2.45, 2.75) is 37.6 Å². The fourth-order valence-electron chi connectivity index (χ4n) is 3.39. The highest BCUT2D eigenvalue weighted by molar-refractivity contribution is 7.89. The molecular formula is C21H23N3O3S. The van der Waals surface area contributed by atoms with Gasteiger partial charge in [0.1, 0.15) is 17.3 Å². The van der Waals surface area contributed by atoms with Gasteiger partial charge < -0.3 is 9.30 Å². The van der Waals surface area contributed by atoms with Crippen LogP contribution in [0, 0.1) is 0 Å². The van der Waals surface area contributed by atoms with Gasteiger partial charge >= 0.3 is 0 Å². The molecule has 2 aromatic carbocycles. The molecule has 0 saturated carbocycles. The number of hydrogen-bond donors (Lipinski definition) is 1. The SMILES string of the molecule is CCc1ccc(Oc2ccc(S(=O)(=O)NC)cc2-c2cn3c(n2)CCC3)cc1. The van der Waals surface area contributed by atoms with E-state index in [1.165, 1.54) is 12.6 Å². The summed E-state index contributed by atoms with van der Waals surface area (Å²) in [6, 6.07) is 12.8. The van der Waals surface area contributed by atoms with Gasteiger partial charge in [0, 0.05) is 24.7 Å². The van der Waals surface area contributed by atoms with Crippen molar-refractivity contribution in [3.8, 4) is 22.8 Å². The largest absolute Gasteiger partial charge is 0.457 e. The Kier molecular flexibility index (Phi) is 4.95. The third-order valence-electron chi connectivity index (χ3n) is 5.02. The molecule has 7 heteroatoms. The molecule has 4 rings (SSSR count). The molecule has 28 heavy (non-hydrogen) atoms. The number of nitrogens with one attached hydrogen (secondary N) is 1. The number of nitrogens with zero attached hydrogens (tertiary/aromatic N) is 2. The maximum atomic E-state index is 12.3. The summed E-state index contributed by atoms with van der Waals surface area (Å²) in [4.78, 5) is 4.89. The quantitative estimate of drug-likeness (QED) is 0.687. The predicted octanol–water partition coefficient (Wildman–Crippen LogP) is 3.76. The third kappa shape index (κ3) is 3.55. The molecule has 1 aliphatic heterocycles. The van der Waals surface area contributed by atoms with Crippen LogP contribution in [0.15, 0.2) is 53.6 Å². The van der Waals surface area contributed by atoms with Crippen molar-refractivity contribution >= 4 is 10.0 Å². The van der Waals surface area contributed by atoms with Crippen LogP contribution < -0.4 is 9.46 Å². The molecule has 0 atom stereocenters. The lowest BCUT2D eigenvalue weighted by Crippen LogP contribution is -2.18. The second-order valence-corrected chi connectivity index (χ2v) is 8.69. The molecule has 0 aliphatic carbocycles. The molecule has 1 aliphatic rings. The van der Waals surface area contributed by atoms with E-state index in [4.69, 9.17) is 9.72 Å². The Morgan fingerprint density at radius 2 is 1.96 bits per heavy atom. The lowest BCUT2D eigenvalue weighted by atomic mass is 10.1. The second-order valence-electron chi connectivity index (χ2n) is 6.80. The van der Waals surface area contributed by atoms with E-state index in [0.717, 1.165) is 37.3 Å². The van der Waals surface area contributed by atoms with Crippen molar-refractivity contribution in [3.05, 3.63) is 60.0 Å². The Morgan fingerprint density at radius 1 is 1.18 bits per heavy atom. The number of ether oxygens (including phenoxy) is 1. The molecule has 3 aromatic rings. The molecular weight excluding hydrogens is 374 g/mol. The van der Waals surface area contributed by atoms with E-state index >= 15 is 0 Å². The minimum atomic E-state index is -3.56. The minimum absolute atomic E-state index is 0.187. The van der Waals surface area contributed by atoms with Crippen LogP contribution in [-0.4, -0.2) is 25.0 Å². The van der Waals surface area contributed by atoms with Gasteiger partial charge in [-0.3, -0.25) is 0 Å². The summed E-state index contributed by atoms with van der Waals surface area (Å²) in [6.45, 7) is 3.04. The third-order valence-corrected chi connectivity index (χ3v) is 6.44. The van der Waals surface area contributed by atoms with Crippen molar-refractivity contribution in [2.75, 3.05) is 7.05 Å². The van der Waals surface area contributed by atoms with Crippen molar-refractivity contribution in [3.63, 3.8) is 0 Å². The Labute approximate surface area is 165 Å². The van der Waals surface area contributed by atoms with E-state index in [-0.39, 0.29) is 4.90 Å². The Hall–Kier alpha value is -2.64. The first-order valence-electron chi connectivity index (χ1n) is 9.41. The first kappa shape index (κ1) is 18.7. The number of fused-ring (bicyclic) bond motifs is 1. The van der Waals surface area contributed by atoms with Crippen molar-refractivity contribution < 1.29 is 13.2 Å². The van der Waals surface area contributed by atoms with Crippen LogP contribution in [0.1, 0.15) is 24.7 Å². The minimum Gasteiger partial charge on any atom is -0.457 e. The zero-order valence-electron chi connectivity index (χ0n) is 16.0. The average Bonchev–Trinajstić information content (AvgIpc) is 3.31. The number of imidazole rings is 1. The van der Waals surface area contributed by atoms with E-state index in [0.29, 0.717) is 17.1 Å². The molecule has 0 spiro atoms. The van der Waals surface area contributed by atoms with Gasteiger partial charge in [0.2, 0.25) is 10.0 Å². The van der Waals surface area contributed by atoms with Gasteiger partial charge in [0.25, 0.3) is 0 Å². The maximum absolute atomic E-state index is 12.3. The number of sulfonamides is 1. The normalized spacial score (nSPS) is 13.5. The Bertz CT molecular complexity index is 1080. The number of hydrogen-bond acceptors (Lipinski definition) is 4. The molecule has 0 amide bonds. The molecule has 1 aromatic heterocycles. The van der Waals surface area contributed by atoms with Crippen LogP contribution in [0.3, 0.4) is 0 Å². The molecule has 6 nitrogen and oxygen atoms in total. The van der Waals surface area contributed by atoms with Gasteiger partial charge in [-0.1, -0.05) is 19.1 Å². The van der Waals surface area contributed by atoms with Crippen molar-refractivity contribution in [1.82, 2.24) is 14.3 Å². The molecule has 1 N–H and O–H groups in total. The molecule has 0 bridgehead atoms. The lowest BCUT2D eigenvalue weighted by molar-refractivity contribution is 0.483. The van der Waals surface area contributed by atoms with Crippen LogP contribution in [-0.2, 0) is 29.4 Å². The van der Waals surface area contributed by atoms with Gasteiger partial charge in [-0.2, -0.15) is 0 Å². The fraction of sp³-hybridized carbons (Fsp3) is 0.286. The van der Waals surface area contributed by atoms with Gasteiger partial charge in [-0.05, 0) is 55.8 Å². The summed E-state index contributed by atoms with van der Waals surface area (Å²) >= 11 is 0. The van der Waals surface area contributed by atoms with E-state index in [9.17, 15) is 8.42 Å². The lowest BCUT2D eigenvalue weighted by Gasteiger charge is -2.12. The number of aryl methyl sites for hydroxylation is 3. The first-order valence-corrected chi connectivity index (χ1v) is 10.9. The number of aromatic nitrogens is 2. The van der Waals surface area contributed by atoms with E-state index < -0.39 is 10.0 Å². The summed E-state index contributed by atoms with van der Waals surface area (Å²) in [5.74, 6) is 2.31. The van der Waals surface area contributed by atoms with Crippen LogP contribution in [0.25, 0.3) is 11.3 Å². The van der Waals surface area contributed by atoms with E-state index in [1.807, 2.05) is 30.5 Å². The van der Waals surface area contributed by atoms with Gasteiger partial charge in [0.15, 0.2) is 0 Å². The summed E-state index contributed by atoms with van der Waals surface area (Å²) in [7, 11) is -2.16. The van der Waals surface area contributed by atoms with Crippen LogP contribution >= 0.6 is 0 Å². The van der Waals surface area contributed by atoms with Crippen molar-refractivity contribution in [2.24, 2.45) is 0 Å². The highest BCUT2D eigenvalue weighted by Gasteiger charge is 2.20. The molecule has 0 saturated heterocycles. The zero-order chi connectivity index (χ0) is 19.7. The summed E-state index contributed by atoms with van der Waals surface area (Å²) in [5, 5.41) is 0. The Morgan fingerprint density at radius 3 is 2.64 bits per heavy atom. The van der Waals surface area contributed by atoms with Gasteiger partial charge in [-0.25, -0.2) is 18.1 Å². The van der Waals surface area contributed by atoms with Crippen LogP contribution in [0.2, 0.25) is 0 Å². The van der Waals surface area contributed by atoms with Crippen molar-refractivity contribution in [1.29, 1.82) is 0 Å². The first-order chi connectivity index (χ1) is 13.5. The highest BCUT2D eigenvalue weighted by Crippen LogP contribution is 2.35. The predicted molar refractivity (Wildman–Crippen MR) is 108 cm³/mol. The summed E-state index contributed by atoms with van der Waals surface area (Å²) < 4.78 is 35.2. The fourth-order valence-corrected chi connectivity index (χ4v) is 4.14. The van der Waals surface area contributed by atoms with Gasteiger partial charge in [-0.15, -0.1) is 0 Å². The topological polar surface area (TPSA) is 73.2 Å². The van der Waals surface area contributed by atoms with Crippen LogP contribution in [0.5, 0.6) is 11.5 Å². The maximum Gasteiger partial charge on any atom is 0.240 e. The average molecular weight is 398 g/mol. The second kappa shape index (κ2) is 7.41. The molecule has 0 unspecified atom stereocenters. The standard InChI is InChI=1S/C21H23N3O3S/c1-3-15-6-8-16(9-7-15)27-20-11-10-17(28(25,26)22-2)13-18(20)19-14-24-12-4-5-21(24)23-19/h6-11,13-14,22H,3-5,12H2,1-2H3. The molecule has 0 fully saturated rings. The number of benzene rings is 2. The summed E-state index contributed by atoms with van der Waals surface area (Å²) in [5.41, 5.74) is 2.62. The molecule has 146 valence electrons. The number of rotatable bonds is 6. The molecule has 0 radical (unpaired) electrons. The van der Waals surface area contributed by atoms with E-state index in [1.54, 1.807) is 18.2 Å². The highest BCUT2D eigenvalue weighted by atomic mass is 32.2. The van der Waals surface area contributed by atoms with Gasteiger partial charge in [0.05, 0.1) is 10.6 Å². The summed E-state index contributed by atoms with van der Waals surface area (Å²) in [6.07, 6.45) is 4.95. The van der Waals surface area contributed by atoms with Crippen LogP contribution in [0.4, 0.5) is 0 Å².